The van der Waals surface area contributed by atoms with Gasteiger partial charge in [-0.2, -0.15) is 0 Å². The third kappa shape index (κ3) is 3.04. The molecule has 0 aliphatic carbocycles. The molecule has 0 unspecified atom stereocenters. The van der Waals surface area contributed by atoms with Crippen molar-refractivity contribution >= 4 is 17.4 Å². The highest BCUT2D eigenvalue weighted by Gasteiger charge is 2.01. The van der Waals surface area contributed by atoms with E-state index in [1.54, 1.807) is 36.5 Å². The van der Waals surface area contributed by atoms with Gasteiger partial charge in [0.25, 0.3) is 0 Å². The summed E-state index contributed by atoms with van der Waals surface area (Å²) in [7, 11) is 0. The number of halogens is 1. The average molecular weight is 248 g/mol. The molecule has 2 rings (SSSR count). The van der Waals surface area contributed by atoms with Crippen LogP contribution in [0.5, 0.6) is 11.5 Å². The first-order chi connectivity index (χ1) is 8.15. The first-order valence-corrected chi connectivity index (χ1v) is 5.42. The summed E-state index contributed by atoms with van der Waals surface area (Å²) in [6.07, 6.45) is 3.11. The van der Waals surface area contributed by atoms with Gasteiger partial charge in [-0.25, -0.2) is 0 Å². The molecule has 0 radical (unpaired) electrons. The third-order valence-electron chi connectivity index (χ3n) is 2.18. The minimum absolute atomic E-state index is 0.0287. The van der Waals surface area contributed by atoms with E-state index in [-0.39, 0.29) is 5.78 Å². The van der Waals surface area contributed by atoms with Gasteiger partial charge in [0.15, 0.2) is 5.78 Å². The fourth-order valence-corrected chi connectivity index (χ4v) is 1.51. The Bertz CT molecular complexity index is 537. The maximum absolute atomic E-state index is 11.1. The number of pyridine rings is 1. The van der Waals surface area contributed by atoms with Crippen molar-refractivity contribution in [3.63, 3.8) is 0 Å². The van der Waals surface area contributed by atoms with E-state index in [2.05, 4.69) is 4.98 Å². The van der Waals surface area contributed by atoms with Crippen LogP contribution in [0.4, 0.5) is 0 Å². The minimum Gasteiger partial charge on any atom is -0.456 e. The lowest BCUT2D eigenvalue weighted by Crippen LogP contribution is -1.91. The summed E-state index contributed by atoms with van der Waals surface area (Å²) >= 11 is 5.79. The van der Waals surface area contributed by atoms with Crippen molar-refractivity contribution in [1.29, 1.82) is 0 Å². The molecule has 0 saturated heterocycles. The van der Waals surface area contributed by atoms with E-state index in [0.717, 1.165) is 0 Å². The number of rotatable bonds is 3. The topological polar surface area (TPSA) is 39.2 Å². The summed E-state index contributed by atoms with van der Waals surface area (Å²) in [5.74, 6) is 1.23. The van der Waals surface area contributed by atoms with E-state index < -0.39 is 0 Å². The van der Waals surface area contributed by atoms with Crippen molar-refractivity contribution in [3.8, 4) is 11.5 Å². The van der Waals surface area contributed by atoms with Crippen molar-refractivity contribution in [2.75, 3.05) is 0 Å². The van der Waals surface area contributed by atoms with Crippen molar-refractivity contribution < 1.29 is 9.53 Å². The normalized spacial score (nSPS) is 10.0. The van der Waals surface area contributed by atoms with Gasteiger partial charge in [0.05, 0.1) is 11.2 Å². The van der Waals surface area contributed by atoms with E-state index in [1.807, 2.05) is 0 Å². The third-order valence-corrected chi connectivity index (χ3v) is 2.38. The molecule has 86 valence electrons. The van der Waals surface area contributed by atoms with Gasteiger partial charge in [-0.3, -0.25) is 9.78 Å². The summed E-state index contributed by atoms with van der Waals surface area (Å²) < 4.78 is 5.54. The minimum atomic E-state index is 0.0287. The molecule has 0 bridgehead atoms. The van der Waals surface area contributed by atoms with Crippen LogP contribution < -0.4 is 4.74 Å². The fraction of sp³-hybridized carbons (Fsp3) is 0.0769. The summed E-state index contributed by atoms with van der Waals surface area (Å²) in [4.78, 5) is 15.0. The molecule has 0 atom stereocenters. The van der Waals surface area contributed by atoms with Crippen molar-refractivity contribution in [3.05, 3.63) is 53.3 Å². The predicted octanol–water partition coefficient (Wildman–Crippen LogP) is 3.73. The number of benzene rings is 1. The van der Waals surface area contributed by atoms with E-state index in [1.165, 1.54) is 13.1 Å². The molecule has 1 aromatic carbocycles. The molecule has 0 aliphatic rings. The Balaban J connectivity index is 2.16. The van der Waals surface area contributed by atoms with Gasteiger partial charge >= 0.3 is 0 Å². The second kappa shape index (κ2) is 4.97. The lowest BCUT2D eigenvalue weighted by Gasteiger charge is -2.05. The second-order valence-corrected chi connectivity index (χ2v) is 3.96. The monoisotopic (exact) mass is 247 g/mol. The van der Waals surface area contributed by atoms with Crippen LogP contribution in [0.15, 0.2) is 42.7 Å². The van der Waals surface area contributed by atoms with Crippen LogP contribution in [-0.2, 0) is 0 Å². The molecular formula is C13H10ClNO2. The first-order valence-electron chi connectivity index (χ1n) is 5.04. The Morgan fingerprint density at radius 1 is 1.18 bits per heavy atom. The number of hydrogen-bond donors (Lipinski definition) is 0. The number of Topliss-reactive ketones (excluding diaryl/α,β-unsaturated/α-hetero) is 1. The van der Waals surface area contributed by atoms with Gasteiger partial charge in [-0.15, -0.1) is 0 Å². The summed E-state index contributed by atoms with van der Waals surface area (Å²) in [6.45, 7) is 1.52. The van der Waals surface area contributed by atoms with E-state index in [0.29, 0.717) is 22.1 Å². The smallest absolute Gasteiger partial charge is 0.159 e. The van der Waals surface area contributed by atoms with Gasteiger partial charge in [0.2, 0.25) is 0 Å². The second-order valence-electron chi connectivity index (χ2n) is 3.52. The molecule has 2 aromatic rings. The molecule has 0 fully saturated rings. The lowest BCUT2D eigenvalue weighted by atomic mass is 10.1. The van der Waals surface area contributed by atoms with Crippen LogP contribution >= 0.6 is 11.6 Å². The fourth-order valence-electron chi connectivity index (χ4n) is 1.34. The summed E-state index contributed by atoms with van der Waals surface area (Å²) in [5.41, 5.74) is 0.654. The molecule has 0 spiro atoms. The highest BCUT2D eigenvalue weighted by molar-refractivity contribution is 6.30. The molecule has 17 heavy (non-hydrogen) atoms. The Kier molecular flexibility index (Phi) is 3.40. The maximum Gasteiger partial charge on any atom is 0.159 e. The van der Waals surface area contributed by atoms with Crippen LogP contribution in [0, 0.1) is 0 Å². The first kappa shape index (κ1) is 11.6. The highest BCUT2D eigenvalue weighted by Crippen LogP contribution is 2.23. The molecule has 0 saturated carbocycles. The number of nitrogens with zero attached hydrogens (tertiary/aromatic N) is 1. The molecular weight excluding hydrogens is 238 g/mol. The molecule has 0 N–H and O–H groups in total. The maximum atomic E-state index is 11.1. The van der Waals surface area contributed by atoms with Crippen LogP contribution in [-0.4, -0.2) is 10.8 Å². The van der Waals surface area contributed by atoms with Crippen LogP contribution in [0.2, 0.25) is 5.02 Å². The van der Waals surface area contributed by atoms with Gasteiger partial charge in [0.1, 0.15) is 11.5 Å². The molecule has 1 aromatic heterocycles. The largest absolute Gasteiger partial charge is 0.456 e. The highest BCUT2D eigenvalue weighted by atomic mass is 35.5. The van der Waals surface area contributed by atoms with E-state index >= 15 is 0 Å². The lowest BCUT2D eigenvalue weighted by molar-refractivity contribution is 0.101. The number of aromatic nitrogens is 1. The quantitative estimate of drug-likeness (QED) is 0.776. The zero-order chi connectivity index (χ0) is 12.3. The standard InChI is InChI=1S/C13H10ClNO2/c1-9(16)10-2-4-12(5-3-10)17-13-6-11(14)7-15-8-13/h2-8H,1H3. The molecule has 1 heterocycles. The van der Waals surface area contributed by atoms with Crippen LogP contribution in [0.1, 0.15) is 17.3 Å². The number of ether oxygens (including phenoxy) is 1. The average Bonchev–Trinajstić information content (AvgIpc) is 2.29. The number of carbonyl (C=O) groups excluding carboxylic acids is 1. The zero-order valence-electron chi connectivity index (χ0n) is 9.18. The molecule has 0 aliphatic heterocycles. The predicted molar refractivity (Wildman–Crippen MR) is 65.8 cm³/mol. The van der Waals surface area contributed by atoms with Crippen molar-refractivity contribution in [2.45, 2.75) is 6.92 Å². The Morgan fingerprint density at radius 2 is 1.88 bits per heavy atom. The Morgan fingerprint density at radius 3 is 2.47 bits per heavy atom. The number of carbonyl (C=O) groups is 1. The molecule has 4 heteroatoms. The number of hydrogen-bond acceptors (Lipinski definition) is 3. The summed E-state index contributed by atoms with van der Waals surface area (Å²) in [5, 5.41) is 0.517. The Labute approximate surface area is 104 Å². The number of ketones is 1. The van der Waals surface area contributed by atoms with Crippen LogP contribution in [0.25, 0.3) is 0 Å². The van der Waals surface area contributed by atoms with Gasteiger partial charge in [0, 0.05) is 17.8 Å². The van der Waals surface area contributed by atoms with Crippen LogP contribution in [0.3, 0.4) is 0 Å². The zero-order valence-corrected chi connectivity index (χ0v) is 9.94. The van der Waals surface area contributed by atoms with E-state index in [4.69, 9.17) is 16.3 Å². The van der Waals surface area contributed by atoms with Crippen molar-refractivity contribution in [2.24, 2.45) is 0 Å². The summed E-state index contributed by atoms with van der Waals surface area (Å²) in [6, 6.07) is 8.58. The van der Waals surface area contributed by atoms with Crippen molar-refractivity contribution in [1.82, 2.24) is 4.98 Å². The Hall–Kier alpha value is -1.87. The van der Waals surface area contributed by atoms with Gasteiger partial charge in [-0.05, 0) is 31.2 Å². The van der Waals surface area contributed by atoms with Gasteiger partial charge in [-0.1, -0.05) is 11.6 Å². The molecule has 3 nitrogen and oxygen atoms in total. The molecule has 0 amide bonds. The van der Waals surface area contributed by atoms with Gasteiger partial charge < -0.3 is 4.74 Å². The SMILES string of the molecule is CC(=O)c1ccc(Oc2cncc(Cl)c2)cc1. The van der Waals surface area contributed by atoms with E-state index in [9.17, 15) is 4.79 Å².